The van der Waals surface area contributed by atoms with Crippen LogP contribution in [0.5, 0.6) is 11.6 Å². The molecule has 0 fully saturated rings. The van der Waals surface area contributed by atoms with E-state index in [1.807, 2.05) is 32.0 Å². The monoisotopic (exact) mass is 239 g/mol. The summed E-state index contributed by atoms with van der Waals surface area (Å²) in [5, 5.41) is 8.85. The van der Waals surface area contributed by atoms with Crippen molar-refractivity contribution in [3.8, 4) is 17.7 Å². The Kier molecular flexibility index (Phi) is 3.16. The number of aryl methyl sites for hydroxylation is 2. The molecule has 1 aromatic heterocycles. The number of nitrogens with zero attached hydrogens (tertiary/aromatic N) is 2. The summed E-state index contributed by atoms with van der Waals surface area (Å²) in [6, 6.07) is 11.1. The van der Waals surface area contributed by atoms with Crippen LogP contribution in [0, 0.1) is 25.2 Å². The average Bonchev–Trinajstić information content (AvgIpc) is 2.30. The molecule has 0 amide bonds. The maximum Gasteiger partial charge on any atom is 0.220 e. The Morgan fingerprint density at radius 1 is 1.17 bits per heavy atom. The summed E-state index contributed by atoms with van der Waals surface area (Å²) < 4.78 is 5.62. The number of nitrogen functional groups attached to an aromatic ring is 1. The van der Waals surface area contributed by atoms with E-state index in [2.05, 4.69) is 11.1 Å². The molecule has 0 atom stereocenters. The zero-order valence-corrected chi connectivity index (χ0v) is 10.3. The summed E-state index contributed by atoms with van der Waals surface area (Å²) in [6.07, 6.45) is 0. The number of rotatable bonds is 2. The van der Waals surface area contributed by atoms with Gasteiger partial charge in [0.25, 0.3) is 0 Å². The van der Waals surface area contributed by atoms with Gasteiger partial charge in [-0.15, -0.1) is 0 Å². The van der Waals surface area contributed by atoms with Gasteiger partial charge in [-0.05, 0) is 43.2 Å². The number of nitrogens with two attached hydrogens (primary N) is 1. The molecule has 2 rings (SSSR count). The molecule has 0 saturated heterocycles. The van der Waals surface area contributed by atoms with Crippen molar-refractivity contribution in [3.63, 3.8) is 0 Å². The minimum absolute atomic E-state index is 0.178. The number of hydrogen-bond donors (Lipinski definition) is 1. The van der Waals surface area contributed by atoms with Crippen LogP contribution in [-0.2, 0) is 0 Å². The van der Waals surface area contributed by atoms with Gasteiger partial charge >= 0.3 is 0 Å². The highest BCUT2D eigenvalue weighted by molar-refractivity contribution is 5.51. The molecule has 0 radical (unpaired) electrons. The van der Waals surface area contributed by atoms with Crippen LogP contribution in [0.1, 0.15) is 16.8 Å². The molecule has 0 saturated carbocycles. The van der Waals surface area contributed by atoms with Crippen molar-refractivity contribution in [1.82, 2.24) is 4.98 Å². The van der Waals surface area contributed by atoms with E-state index in [0.29, 0.717) is 17.3 Å². The Bertz CT molecular complexity index is 609. The van der Waals surface area contributed by atoms with E-state index in [-0.39, 0.29) is 5.69 Å². The smallest absolute Gasteiger partial charge is 0.220 e. The van der Waals surface area contributed by atoms with E-state index in [9.17, 15) is 0 Å². The number of benzene rings is 1. The Balaban J connectivity index is 2.31. The molecular formula is C14H13N3O. The van der Waals surface area contributed by atoms with Gasteiger partial charge in [-0.25, -0.2) is 4.98 Å². The third kappa shape index (κ3) is 2.58. The standard InChI is InChI=1S/C14H13N3O/c1-9-5-10(2)7-11(6-9)18-14-4-3-12(16)13(8-15)17-14/h3-7H,16H2,1-2H3. The van der Waals surface area contributed by atoms with E-state index in [0.717, 1.165) is 11.1 Å². The van der Waals surface area contributed by atoms with Gasteiger partial charge in [0.15, 0.2) is 5.69 Å². The third-order valence-electron chi connectivity index (χ3n) is 2.42. The van der Waals surface area contributed by atoms with Crippen molar-refractivity contribution in [2.24, 2.45) is 0 Å². The molecule has 1 aromatic carbocycles. The van der Waals surface area contributed by atoms with Gasteiger partial charge in [0.05, 0.1) is 5.69 Å². The SMILES string of the molecule is Cc1cc(C)cc(Oc2ccc(N)c(C#N)n2)c1. The molecule has 0 bridgehead atoms. The van der Waals surface area contributed by atoms with Crippen LogP contribution in [0.3, 0.4) is 0 Å². The van der Waals surface area contributed by atoms with Crippen LogP contribution in [0.25, 0.3) is 0 Å². The van der Waals surface area contributed by atoms with Crippen LogP contribution < -0.4 is 10.5 Å². The summed E-state index contributed by atoms with van der Waals surface area (Å²) >= 11 is 0. The second kappa shape index (κ2) is 4.76. The van der Waals surface area contributed by atoms with Crippen LogP contribution >= 0.6 is 0 Å². The van der Waals surface area contributed by atoms with Crippen molar-refractivity contribution >= 4 is 5.69 Å². The molecule has 2 N–H and O–H groups in total. The lowest BCUT2D eigenvalue weighted by atomic mass is 10.1. The van der Waals surface area contributed by atoms with Gasteiger partial charge in [0, 0.05) is 6.07 Å². The lowest BCUT2D eigenvalue weighted by molar-refractivity contribution is 0.462. The van der Waals surface area contributed by atoms with E-state index in [1.165, 1.54) is 0 Å². The van der Waals surface area contributed by atoms with Crippen molar-refractivity contribution in [3.05, 3.63) is 47.2 Å². The summed E-state index contributed by atoms with van der Waals surface area (Å²) in [4.78, 5) is 4.04. The largest absolute Gasteiger partial charge is 0.439 e. The lowest BCUT2D eigenvalue weighted by Gasteiger charge is -2.07. The Labute approximate surface area is 106 Å². The quantitative estimate of drug-likeness (QED) is 0.874. The van der Waals surface area contributed by atoms with Crippen molar-refractivity contribution in [2.45, 2.75) is 13.8 Å². The fraction of sp³-hybridized carbons (Fsp3) is 0.143. The first-order valence-corrected chi connectivity index (χ1v) is 5.51. The molecule has 1 heterocycles. The molecule has 2 aromatic rings. The maximum absolute atomic E-state index is 8.85. The summed E-state index contributed by atoms with van der Waals surface area (Å²) in [5.41, 5.74) is 8.35. The predicted molar refractivity (Wildman–Crippen MR) is 69.4 cm³/mol. The second-order valence-corrected chi connectivity index (χ2v) is 4.12. The third-order valence-corrected chi connectivity index (χ3v) is 2.42. The van der Waals surface area contributed by atoms with E-state index < -0.39 is 0 Å². The average molecular weight is 239 g/mol. The van der Waals surface area contributed by atoms with Gasteiger partial charge < -0.3 is 10.5 Å². The molecule has 90 valence electrons. The van der Waals surface area contributed by atoms with Crippen LogP contribution in [0.15, 0.2) is 30.3 Å². The van der Waals surface area contributed by atoms with Crippen LogP contribution in [0.4, 0.5) is 5.69 Å². The van der Waals surface area contributed by atoms with Gasteiger partial charge in [-0.1, -0.05) is 6.07 Å². The van der Waals surface area contributed by atoms with Crippen LogP contribution in [0.2, 0.25) is 0 Å². The number of nitriles is 1. The second-order valence-electron chi connectivity index (χ2n) is 4.12. The number of hydrogen-bond acceptors (Lipinski definition) is 4. The van der Waals surface area contributed by atoms with Crippen molar-refractivity contribution in [2.75, 3.05) is 5.73 Å². The molecular weight excluding hydrogens is 226 g/mol. The normalized spacial score (nSPS) is 9.83. The van der Waals surface area contributed by atoms with Gasteiger partial charge in [-0.3, -0.25) is 0 Å². The molecule has 0 spiro atoms. The molecule has 0 aliphatic heterocycles. The zero-order valence-electron chi connectivity index (χ0n) is 10.3. The highest BCUT2D eigenvalue weighted by Crippen LogP contribution is 2.23. The number of pyridine rings is 1. The number of anilines is 1. The molecule has 4 nitrogen and oxygen atoms in total. The van der Waals surface area contributed by atoms with Gasteiger partial charge in [0.1, 0.15) is 11.8 Å². The van der Waals surface area contributed by atoms with Crippen LogP contribution in [-0.4, -0.2) is 4.98 Å². The van der Waals surface area contributed by atoms with E-state index in [4.69, 9.17) is 15.7 Å². The number of aromatic nitrogens is 1. The molecule has 18 heavy (non-hydrogen) atoms. The fourth-order valence-electron chi connectivity index (χ4n) is 1.71. The molecule has 0 unspecified atom stereocenters. The highest BCUT2D eigenvalue weighted by atomic mass is 16.5. The Morgan fingerprint density at radius 3 is 2.44 bits per heavy atom. The highest BCUT2D eigenvalue weighted by Gasteiger charge is 2.05. The van der Waals surface area contributed by atoms with Crippen molar-refractivity contribution in [1.29, 1.82) is 5.26 Å². The number of ether oxygens (including phenoxy) is 1. The first-order chi connectivity index (χ1) is 8.58. The minimum atomic E-state index is 0.178. The minimum Gasteiger partial charge on any atom is -0.439 e. The molecule has 4 heteroatoms. The predicted octanol–water partition coefficient (Wildman–Crippen LogP) is 2.94. The Hall–Kier alpha value is -2.54. The van der Waals surface area contributed by atoms with Gasteiger partial charge in [0.2, 0.25) is 5.88 Å². The lowest BCUT2D eigenvalue weighted by Crippen LogP contribution is -1.96. The zero-order chi connectivity index (χ0) is 13.1. The summed E-state index contributed by atoms with van der Waals surface area (Å²) in [5.74, 6) is 1.07. The van der Waals surface area contributed by atoms with Crippen molar-refractivity contribution < 1.29 is 4.74 Å². The van der Waals surface area contributed by atoms with E-state index in [1.54, 1.807) is 12.1 Å². The summed E-state index contributed by atoms with van der Waals surface area (Å²) in [7, 11) is 0. The maximum atomic E-state index is 8.85. The molecule has 0 aliphatic rings. The first-order valence-electron chi connectivity index (χ1n) is 5.51. The van der Waals surface area contributed by atoms with Gasteiger partial charge in [-0.2, -0.15) is 5.26 Å². The Morgan fingerprint density at radius 2 is 1.83 bits per heavy atom. The fourth-order valence-corrected chi connectivity index (χ4v) is 1.71. The molecule has 0 aliphatic carbocycles. The summed E-state index contributed by atoms with van der Waals surface area (Å²) in [6.45, 7) is 3.99. The van der Waals surface area contributed by atoms with E-state index >= 15 is 0 Å². The topological polar surface area (TPSA) is 71.9 Å². The first kappa shape index (κ1) is 11.9.